The molecular weight excluding hydrogens is 238 g/mol. The van der Waals surface area contributed by atoms with Gasteiger partial charge in [-0.2, -0.15) is 4.98 Å². The number of aliphatic hydroxyl groups is 1. The average Bonchev–Trinajstić information content (AvgIpc) is 2.36. The fourth-order valence-electron chi connectivity index (χ4n) is 1.20. The Labute approximate surface area is 105 Å². The number of nitrogens with zero attached hydrogens (tertiary/aromatic N) is 2. The lowest BCUT2D eigenvalue weighted by Crippen LogP contribution is -2.27. The van der Waals surface area contributed by atoms with Gasteiger partial charge in [-0.15, -0.1) is 0 Å². The third-order valence-corrected chi connectivity index (χ3v) is 2.42. The normalized spacial score (nSPS) is 11.1. The Morgan fingerprint density at radius 1 is 1.56 bits per heavy atom. The monoisotopic (exact) mass is 255 g/mol. The van der Waals surface area contributed by atoms with Crippen LogP contribution in [0.2, 0.25) is 0 Å². The summed E-state index contributed by atoms with van der Waals surface area (Å²) in [5.41, 5.74) is -0.511. The van der Waals surface area contributed by atoms with Crippen LogP contribution in [0, 0.1) is 15.5 Å². The molecule has 100 valence electrons. The molecular formula is C11H17N3O4. The average molecular weight is 255 g/mol. The van der Waals surface area contributed by atoms with E-state index in [9.17, 15) is 10.1 Å². The molecule has 0 spiro atoms. The van der Waals surface area contributed by atoms with Crippen molar-refractivity contribution in [1.29, 1.82) is 0 Å². The second-order valence-corrected chi connectivity index (χ2v) is 4.65. The van der Waals surface area contributed by atoms with E-state index in [2.05, 4.69) is 10.3 Å². The van der Waals surface area contributed by atoms with Crippen LogP contribution in [-0.2, 0) is 0 Å². The van der Waals surface area contributed by atoms with E-state index in [-0.39, 0.29) is 18.1 Å². The molecule has 2 N–H and O–H groups in total. The number of methoxy groups -OCH3 is 1. The smallest absolute Gasteiger partial charge is 0.311 e. The summed E-state index contributed by atoms with van der Waals surface area (Å²) in [5.74, 6) is 0.436. The Bertz CT molecular complexity index is 434. The highest BCUT2D eigenvalue weighted by Gasteiger charge is 2.21. The van der Waals surface area contributed by atoms with Crippen molar-refractivity contribution in [2.24, 2.45) is 5.41 Å². The zero-order chi connectivity index (χ0) is 13.8. The molecule has 0 aromatic carbocycles. The first kappa shape index (κ1) is 14.2. The standard InChI is InChI=1S/C11H17N3O4/c1-11(2,7-15)6-12-10-8(14(16)17)4-5-9(13-10)18-3/h4-5,15H,6-7H2,1-3H3,(H,12,13). The maximum Gasteiger partial charge on any atom is 0.311 e. The summed E-state index contributed by atoms with van der Waals surface area (Å²) in [6.45, 7) is 4.01. The predicted molar refractivity (Wildman–Crippen MR) is 66.8 cm³/mol. The number of hydrogen-bond donors (Lipinski definition) is 2. The second-order valence-electron chi connectivity index (χ2n) is 4.65. The van der Waals surface area contributed by atoms with Gasteiger partial charge in [0.2, 0.25) is 11.7 Å². The lowest BCUT2D eigenvalue weighted by Gasteiger charge is -2.22. The van der Waals surface area contributed by atoms with Gasteiger partial charge in [-0.05, 0) is 0 Å². The van der Waals surface area contributed by atoms with Crippen molar-refractivity contribution in [3.8, 4) is 5.88 Å². The van der Waals surface area contributed by atoms with Crippen LogP contribution < -0.4 is 10.1 Å². The number of aromatic nitrogens is 1. The van der Waals surface area contributed by atoms with E-state index in [0.717, 1.165) is 0 Å². The summed E-state index contributed by atoms with van der Waals surface area (Å²) in [6, 6.07) is 2.76. The van der Waals surface area contributed by atoms with Crippen molar-refractivity contribution in [1.82, 2.24) is 4.98 Å². The molecule has 0 radical (unpaired) electrons. The zero-order valence-corrected chi connectivity index (χ0v) is 10.6. The number of ether oxygens (including phenoxy) is 1. The van der Waals surface area contributed by atoms with Crippen LogP contribution in [0.5, 0.6) is 5.88 Å². The van der Waals surface area contributed by atoms with Crippen LogP contribution in [0.25, 0.3) is 0 Å². The largest absolute Gasteiger partial charge is 0.481 e. The SMILES string of the molecule is COc1ccc([N+](=O)[O-])c(NCC(C)(C)CO)n1. The first-order chi connectivity index (χ1) is 8.39. The van der Waals surface area contributed by atoms with Gasteiger partial charge in [0, 0.05) is 30.7 Å². The molecule has 1 aromatic rings. The van der Waals surface area contributed by atoms with Crippen LogP contribution >= 0.6 is 0 Å². The summed E-state index contributed by atoms with van der Waals surface area (Å²) in [4.78, 5) is 14.3. The van der Waals surface area contributed by atoms with E-state index in [1.54, 1.807) is 0 Å². The van der Waals surface area contributed by atoms with Gasteiger partial charge in [0.1, 0.15) is 0 Å². The van der Waals surface area contributed by atoms with Crippen LogP contribution in [0.15, 0.2) is 12.1 Å². The topological polar surface area (TPSA) is 97.5 Å². The van der Waals surface area contributed by atoms with Gasteiger partial charge in [0.25, 0.3) is 0 Å². The van der Waals surface area contributed by atoms with Crippen molar-refractivity contribution in [3.05, 3.63) is 22.2 Å². The lowest BCUT2D eigenvalue weighted by molar-refractivity contribution is -0.384. The van der Waals surface area contributed by atoms with Gasteiger partial charge in [-0.3, -0.25) is 10.1 Å². The number of pyridine rings is 1. The highest BCUT2D eigenvalue weighted by Crippen LogP contribution is 2.26. The lowest BCUT2D eigenvalue weighted by atomic mass is 9.95. The first-order valence-electron chi connectivity index (χ1n) is 5.44. The zero-order valence-electron chi connectivity index (χ0n) is 10.6. The third-order valence-electron chi connectivity index (χ3n) is 2.42. The van der Waals surface area contributed by atoms with Gasteiger partial charge in [-0.1, -0.05) is 13.8 Å². The van der Waals surface area contributed by atoms with Gasteiger partial charge < -0.3 is 15.2 Å². The molecule has 0 aliphatic rings. The number of rotatable bonds is 6. The van der Waals surface area contributed by atoms with Crippen molar-refractivity contribution >= 4 is 11.5 Å². The van der Waals surface area contributed by atoms with Crippen molar-refractivity contribution in [2.75, 3.05) is 25.6 Å². The first-order valence-corrected chi connectivity index (χ1v) is 5.44. The molecule has 1 heterocycles. The number of aliphatic hydroxyl groups excluding tert-OH is 1. The second kappa shape index (κ2) is 5.63. The summed E-state index contributed by atoms with van der Waals surface area (Å²) >= 11 is 0. The molecule has 0 aliphatic carbocycles. The molecule has 0 amide bonds. The van der Waals surface area contributed by atoms with Gasteiger partial charge in [0.15, 0.2) is 0 Å². The predicted octanol–water partition coefficient (Wildman–Crippen LogP) is 1.43. The number of anilines is 1. The Morgan fingerprint density at radius 3 is 2.72 bits per heavy atom. The summed E-state index contributed by atoms with van der Waals surface area (Å²) in [6.07, 6.45) is 0. The molecule has 0 saturated heterocycles. The van der Waals surface area contributed by atoms with E-state index in [4.69, 9.17) is 9.84 Å². The third kappa shape index (κ3) is 3.56. The summed E-state index contributed by atoms with van der Waals surface area (Å²) in [7, 11) is 1.44. The van der Waals surface area contributed by atoms with E-state index in [1.165, 1.54) is 19.2 Å². The maximum atomic E-state index is 10.9. The van der Waals surface area contributed by atoms with E-state index < -0.39 is 10.3 Å². The molecule has 7 heteroatoms. The van der Waals surface area contributed by atoms with E-state index >= 15 is 0 Å². The highest BCUT2D eigenvalue weighted by molar-refractivity contribution is 5.57. The number of nitrogens with one attached hydrogen (secondary N) is 1. The minimum Gasteiger partial charge on any atom is -0.481 e. The van der Waals surface area contributed by atoms with Crippen LogP contribution in [0.4, 0.5) is 11.5 Å². The number of nitro groups is 1. The summed E-state index contributed by atoms with van der Waals surface area (Å²) < 4.78 is 4.92. The van der Waals surface area contributed by atoms with E-state index in [0.29, 0.717) is 12.4 Å². The van der Waals surface area contributed by atoms with Crippen LogP contribution in [0.3, 0.4) is 0 Å². The Balaban J connectivity index is 2.94. The molecule has 0 saturated carbocycles. The Hall–Kier alpha value is -1.89. The Morgan fingerprint density at radius 2 is 2.22 bits per heavy atom. The molecule has 0 fully saturated rings. The summed E-state index contributed by atoms with van der Waals surface area (Å²) in [5, 5.41) is 22.9. The molecule has 18 heavy (non-hydrogen) atoms. The maximum absolute atomic E-state index is 10.9. The molecule has 0 bridgehead atoms. The fourth-order valence-corrected chi connectivity index (χ4v) is 1.20. The highest BCUT2D eigenvalue weighted by atomic mass is 16.6. The molecule has 1 rings (SSSR count). The fraction of sp³-hybridized carbons (Fsp3) is 0.545. The van der Waals surface area contributed by atoms with Crippen LogP contribution in [-0.4, -0.2) is 35.3 Å². The molecule has 1 aromatic heterocycles. The quantitative estimate of drug-likeness (QED) is 0.589. The number of hydrogen-bond acceptors (Lipinski definition) is 6. The molecule has 0 atom stereocenters. The van der Waals surface area contributed by atoms with Crippen molar-refractivity contribution in [2.45, 2.75) is 13.8 Å². The minimum absolute atomic E-state index is 0.0300. The molecule has 7 nitrogen and oxygen atoms in total. The van der Waals surface area contributed by atoms with Gasteiger partial charge >= 0.3 is 5.69 Å². The van der Waals surface area contributed by atoms with Gasteiger partial charge in [-0.25, -0.2) is 0 Å². The van der Waals surface area contributed by atoms with Gasteiger partial charge in [0.05, 0.1) is 12.0 Å². The van der Waals surface area contributed by atoms with Crippen LogP contribution in [0.1, 0.15) is 13.8 Å². The molecule has 0 aliphatic heterocycles. The molecule has 0 unspecified atom stereocenters. The Kier molecular flexibility index (Phi) is 4.43. The van der Waals surface area contributed by atoms with Crippen molar-refractivity contribution in [3.63, 3.8) is 0 Å². The minimum atomic E-state index is -0.513. The van der Waals surface area contributed by atoms with Crippen molar-refractivity contribution < 1.29 is 14.8 Å². The van der Waals surface area contributed by atoms with E-state index in [1.807, 2.05) is 13.8 Å².